The van der Waals surface area contributed by atoms with Crippen LogP contribution in [-0.2, 0) is 144 Å². The molecule has 0 saturated carbocycles. The number of carboxylic acids is 3. The smallest absolute Gasteiger partial charge is 0.323 e. The van der Waals surface area contributed by atoms with Gasteiger partial charge in [-0.2, -0.15) is 0 Å². The number of ketones is 6. The maximum atomic E-state index is 13.7. The number of benzene rings is 4. The van der Waals surface area contributed by atoms with Gasteiger partial charge in [-0.3, -0.25) is 92.1 Å². The maximum Gasteiger partial charge on any atom is 0.323 e. The third-order valence-corrected chi connectivity index (χ3v) is 23.2. The van der Waals surface area contributed by atoms with E-state index in [1.165, 1.54) is 0 Å². The lowest BCUT2D eigenvalue weighted by Crippen LogP contribution is -2.50. The number of carbonyl (C=O) groups is 13. The Hall–Kier alpha value is -13.3. The van der Waals surface area contributed by atoms with E-state index >= 15 is 0 Å². The van der Waals surface area contributed by atoms with Crippen LogP contribution in [-0.4, -0.2) is 221 Å². The Morgan fingerprint density at radius 1 is 0.371 bits per heavy atom. The number of hydrogen-bond donors (Lipinski definition) is 8. The Kier molecular flexibility index (Phi) is 47.5. The van der Waals surface area contributed by atoms with Crippen molar-refractivity contribution in [2.24, 2.45) is 52.9 Å². The Morgan fingerprint density at radius 3 is 1.03 bits per heavy atom. The molecule has 0 unspecified atom stereocenters. The van der Waals surface area contributed by atoms with Gasteiger partial charge in [0.1, 0.15) is 41.0 Å². The number of nitrogens with one attached hydrogen (secondary N) is 3. The first-order valence-corrected chi connectivity index (χ1v) is 47.1. The van der Waals surface area contributed by atoms with E-state index in [4.69, 9.17) is 50.5 Å². The largest absolute Gasteiger partial charge is 0.481 e. The molecule has 0 bridgehead atoms. The average molecular weight is 1920 g/mol. The first-order valence-electron chi connectivity index (χ1n) is 47.1. The van der Waals surface area contributed by atoms with E-state index in [-0.39, 0.29) is 109 Å². The van der Waals surface area contributed by atoms with Gasteiger partial charge in [0.25, 0.3) is 0 Å². The van der Waals surface area contributed by atoms with Gasteiger partial charge in [0, 0.05) is 136 Å². The number of Topliss-reactive ketones (excluding diaryl/α,β-unsaturated/α-hetero) is 6. The Balaban J connectivity index is 0.000000236. The molecular weight excluding hydrogens is 1790 g/mol. The molecule has 32 heteroatoms. The molecule has 4 saturated heterocycles. The van der Waals surface area contributed by atoms with Crippen LogP contribution in [0.25, 0.3) is 0 Å². The van der Waals surface area contributed by atoms with Crippen LogP contribution >= 0.6 is 0 Å². The van der Waals surface area contributed by atoms with Gasteiger partial charge in [-0.1, -0.05) is 200 Å². The van der Waals surface area contributed by atoms with Crippen LogP contribution in [0.3, 0.4) is 0 Å². The average Bonchev–Trinajstić information content (AvgIpc) is 1.61. The molecule has 0 spiro atoms. The van der Waals surface area contributed by atoms with Gasteiger partial charge in [0.2, 0.25) is 17.7 Å². The van der Waals surface area contributed by atoms with Crippen LogP contribution in [0.5, 0.6) is 0 Å². The van der Waals surface area contributed by atoms with Crippen molar-refractivity contribution in [3.63, 3.8) is 0 Å². The van der Waals surface area contributed by atoms with Gasteiger partial charge in [-0.15, -0.1) is 0 Å². The van der Waals surface area contributed by atoms with E-state index in [0.717, 1.165) is 39.3 Å². The van der Waals surface area contributed by atoms with Crippen LogP contribution in [0.4, 0.5) is 0 Å². The molecular formula is C108H135N11O21. The number of esters is 1. The number of pyridine rings is 5. The number of morpholine rings is 1. The van der Waals surface area contributed by atoms with Crippen LogP contribution in [0.1, 0.15) is 146 Å². The lowest BCUT2D eigenvalue weighted by atomic mass is 9.90. The molecule has 0 aliphatic carbocycles. The SMILES string of the molecule is CC(C)C(=O)C[C@@H](Cc1ccccn1)C(=O)N[C@@H](Cc1ccccc1)C(=O)[C@@]1(C)CO1.CC(C)C(=O)C[C@@H](Cc1ccccn1)C(=O)O.CC(C)C(=O)O.C[C@@H](Cc1ccccn1)C(=O)O.C[C@H](NC(=O)CN1CCOCC1)C(=O)C[C@@H](Cc1ccccn1)C(=O)N[C@@H](Cc1ccccc1)C(=O)[C@@]1(C)CO1.C[C@]1(C(=O)[C@@H](N)Cc2ccccc2)CO1.N[C@@H](Cc1ccccn1)C(=O)OCc1ccccc1. The Bertz CT molecular complexity index is 5350. The second-order valence-corrected chi connectivity index (χ2v) is 36.4. The highest BCUT2D eigenvalue weighted by molar-refractivity contribution is 5.99. The lowest BCUT2D eigenvalue weighted by Gasteiger charge is -2.26. The molecule has 9 aromatic rings. The van der Waals surface area contributed by atoms with Crippen LogP contribution in [0, 0.1) is 41.4 Å². The third kappa shape index (κ3) is 42.2. The molecule has 4 fully saturated rings. The topological polar surface area (TPSA) is 494 Å². The van der Waals surface area contributed by atoms with Gasteiger partial charge in [-0.25, -0.2) is 0 Å². The molecule has 0 radical (unpaired) electrons. The molecule has 4 aliphatic rings. The van der Waals surface area contributed by atoms with Gasteiger partial charge >= 0.3 is 23.9 Å². The van der Waals surface area contributed by atoms with Crippen LogP contribution < -0.4 is 27.4 Å². The summed E-state index contributed by atoms with van der Waals surface area (Å²) in [7, 11) is 0. The number of nitrogens with two attached hydrogens (primary N) is 2. The van der Waals surface area contributed by atoms with Crippen molar-refractivity contribution < 1.29 is 101 Å². The van der Waals surface area contributed by atoms with Crippen molar-refractivity contribution in [3.05, 3.63) is 294 Å². The highest BCUT2D eigenvalue weighted by Crippen LogP contribution is 2.32. The molecule has 12 atom stereocenters. The molecule has 748 valence electrons. The minimum atomic E-state index is -0.940. The molecule has 4 aliphatic heterocycles. The zero-order chi connectivity index (χ0) is 102. The molecule has 13 rings (SSSR count). The number of hydrogen-bond acceptors (Lipinski definition) is 26. The van der Waals surface area contributed by atoms with E-state index in [1.807, 2.05) is 207 Å². The van der Waals surface area contributed by atoms with Crippen molar-refractivity contribution >= 4 is 76.3 Å². The minimum absolute atomic E-state index is 0.00588. The quantitative estimate of drug-likeness (QED) is 0.0130. The molecule has 32 nitrogen and oxygen atoms in total. The van der Waals surface area contributed by atoms with E-state index in [2.05, 4.69) is 40.9 Å². The van der Waals surface area contributed by atoms with Crippen molar-refractivity contribution in [3.8, 4) is 0 Å². The Morgan fingerprint density at radius 2 is 0.693 bits per heavy atom. The monoisotopic (exact) mass is 1920 g/mol. The summed E-state index contributed by atoms with van der Waals surface area (Å²) in [5.41, 5.74) is 16.9. The summed E-state index contributed by atoms with van der Waals surface area (Å²) in [6, 6.07) is 62.2. The maximum absolute atomic E-state index is 13.7. The van der Waals surface area contributed by atoms with Crippen molar-refractivity contribution in [1.82, 2.24) is 45.8 Å². The number of nitrogens with zero attached hydrogens (tertiary/aromatic N) is 6. The molecule has 9 heterocycles. The number of epoxide rings is 3. The number of aromatic nitrogens is 5. The zero-order valence-electron chi connectivity index (χ0n) is 81.7. The summed E-state index contributed by atoms with van der Waals surface area (Å²) in [4.78, 5) is 181. The van der Waals surface area contributed by atoms with E-state index < -0.39 is 94.6 Å². The first-order chi connectivity index (χ1) is 66.7. The molecule has 4 aromatic carbocycles. The third-order valence-electron chi connectivity index (χ3n) is 23.2. The predicted octanol–water partition coefficient (Wildman–Crippen LogP) is 10.7. The number of carboxylic acid groups (broad SMARTS) is 3. The minimum Gasteiger partial charge on any atom is -0.481 e. The fourth-order valence-corrected chi connectivity index (χ4v) is 13.9. The highest BCUT2D eigenvalue weighted by Gasteiger charge is 2.52. The molecule has 140 heavy (non-hydrogen) atoms. The Labute approximate surface area is 819 Å². The van der Waals surface area contributed by atoms with E-state index in [9.17, 15) is 62.3 Å². The summed E-state index contributed by atoms with van der Waals surface area (Å²) >= 11 is 0. The molecule has 10 N–H and O–H groups in total. The van der Waals surface area contributed by atoms with Crippen molar-refractivity contribution in [1.29, 1.82) is 0 Å². The lowest BCUT2D eigenvalue weighted by molar-refractivity contribution is -0.146. The van der Waals surface area contributed by atoms with Gasteiger partial charge in [0.05, 0.1) is 93.3 Å². The zero-order valence-corrected chi connectivity index (χ0v) is 81.7. The summed E-state index contributed by atoms with van der Waals surface area (Å²) in [6.45, 7) is 23.1. The van der Waals surface area contributed by atoms with Crippen LogP contribution in [0.15, 0.2) is 243 Å². The second kappa shape index (κ2) is 58.5. The van der Waals surface area contributed by atoms with Crippen molar-refractivity contribution in [2.45, 2.75) is 200 Å². The number of amides is 3. The molecule has 3 amide bonds. The van der Waals surface area contributed by atoms with Gasteiger partial charge in [0.15, 0.2) is 23.1 Å². The van der Waals surface area contributed by atoms with Crippen molar-refractivity contribution in [2.75, 3.05) is 52.7 Å². The summed E-state index contributed by atoms with van der Waals surface area (Å²) in [5.74, 6) is -7.38. The second-order valence-electron chi connectivity index (χ2n) is 36.4. The first kappa shape index (κ1) is 114. The van der Waals surface area contributed by atoms with Gasteiger partial charge in [-0.05, 0) is 130 Å². The highest BCUT2D eigenvalue weighted by atomic mass is 16.6. The normalized spacial score (nSPS) is 17.7. The summed E-state index contributed by atoms with van der Waals surface area (Å²) in [5, 5.41) is 34.3. The fraction of sp³-hybridized carbons (Fsp3) is 0.426. The number of aliphatic carboxylic acids is 3. The standard InChI is InChI=1S/C30H38N4O6.C25H30N2O4.C15H16N2O2.C13H17NO3.C12H15NO2.C9H11NO2.C4H8O2/c1-21(32-27(36)19-34-12-14-39-15-13-34)26(35)18-23(17-24-10-6-7-11-31-24)29(38)33-25(28(37)30(2)20-40-30)16-22-8-4-3-5-9-22;1-17(2)22(28)15-19(14-20-11-7-8-12-26-20)24(30)27-21(23(29)25(3)16-31-25)13-18-9-5-4-6-10-18;16-14(10-13-8-4-5-9-17-13)15(18)19-11-12-6-2-1-3-7-12;1-9(2)12(15)8-10(13(16)17)7-11-5-3-4-6-14-11;1-12(8-15-12)11(14)10(13)7-9-5-3-2-4-6-9;1-7(9(11)12)6-8-4-2-3-5-10-8;1-3(2)4(5)6/h3-11,21,23,25H,12-20H2,1-2H3,(H,32,36)(H,33,38);4-12,17,19,21H,13-16H2,1-3H3,(H,27,30);1-9,14H,10-11,16H2;3-6,9-10H,7-8H2,1-2H3,(H,16,17);2-6,10H,7-8,13H2,1H3;2-5,7H,6H2,1H3,(H,11,12);3H,1-2H3,(H,5,6)/t21-,23+,25-,30+;19-,21+,25-;14-;10-;10-,12+;7-;/m010100./s1. The number of ether oxygens (including phenoxy) is 5. The fourth-order valence-electron chi connectivity index (χ4n) is 13.9. The summed E-state index contributed by atoms with van der Waals surface area (Å²) in [6.07, 6.45) is 11.3. The van der Waals surface area contributed by atoms with Crippen LogP contribution in [0.2, 0.25) is 0 Å². The molecule has 5 aromatic heterocycles. The number of rotatable bonds is 44. The predicted molar refractivity (Wildman–Crippen MR) is 525 cm³/mol. The summed E-state index contributed by atoms with van der Waals surface area (Å²) < 4.78 is 26.3. The van der Waals surface area contributed by atoms with E-state index in [0.29, 0.717) is 102 Å². The van der Waals surface area contributed by atoms with Gasteiger partial charge < -0.3 is 66.4 Å². The number of carbonyl (C=O) groups excluding carboxylic acids is 10. The van der Waals surface area contributed by atoms with E-state index in [1.54, 1.807) is 118 Å².